The summed E-state index contributed by atoms with van der Waals surface area (Å²) in [5, 5.41) is 7.82. The lowest BCUT2D eigenvalue weighted by molar-refractivity contribution is -0.136. The molecule has 1 N–H and O–H groups in total. The van der Waals surface area contributed by atoms with Crippen LogP contribution in [0.1, 0.15) is 18.5 Å². The second-order valence-corrected chi connectivity index (χ2v) is 5.91. The molecule has 0 spiro atoms. The number of hydrogen-bond acceptors (Lipinski definition) is 6. The topological polar surface area (TPSA) is 81.9 Å². The van der Waals surface area contributed by atoms with Gasteiger partial charge < -0.3 is 10.1 Å². The van der Waals surface area contributed by atoms with Crippen LogP contribution in [0.25, 0.3) is 11.4 Å². The molecule has 7 nitrogen and oxygen atoms in total. The summed E-state index contributed by atoms with van der Waals surface area (Å²) in [5.41, 5.74) is 2.90. The Bertz CT molecular complexity index is 980. The van der Waals surface area contributed by atoms with E-state index in [-0.39, 0.29) is 0 Å². The predicted molar refractivity (Wildman–Crippen MR) is 96.2 cm³/mol. The molecule has 4 rings (SSSR count). The number of nitrogens with zero attached hydrogens (tertiary/aromatic N) is 4. The van der Waals surface area contributed by atoms with Gasteiger partial charge in [0, 0.05) is 23.7 Å². The summed E-state index contributed by atoms with van der Waals surface area (Å²) in [6.07, 6.45) is 3.41. The number of esters is 1. The van der Waals surface area contributed by atoms with Gasteiger partial charge in [0.2, 0.25) is 5.95 Å². The Balaban J connectivity index is 1.88. The quantitative estimate of drug-likeness (QED) is 0.734. The molecule has 130 valence electrons. The minimum atomic E-state index is -0.461. The minimum absolute atomic E-state index is 0.411. The highest BCUT2D eigenvalue weighted by Gasteiger charge is 2.35. The maximum Gasteiger partial charge on any atom is 0.338 e. The van der Waals surface area contributed by atoms with Crippen LogP contribution in [0.3, 0.4) is 0 Å². The van der Waals surface area contributed by atoms with E-state index >= 15 is 0 Å². The fourth-order valence-electron chi connectivity index (χ4n) is 3.08. The molecule has 7 heteroatoms. The molecule has 3 heterocycles. The molecule has 1 atom stereocenters. The fourth-order valence-corrected chi connectivity index (χ4v) is 3.08. The van der Waals surface area contributed by atoms with Gasteiger partial charge in [0.25, 0.3) is 0 Å². The lowest BCUT2D eigenvalue weighted by atomic mass is 9.97. The smallest absolute Gasteiger partial charge is 0.338 e. The molecular formula is C19H17N5O2. The van der Waals surface area contributed by atoms with Crippen LogP contribution in [-0.4, -0.2) is 32.8 Å². The lowest BCUT2D eigenvalue weighted by Crippen LogP contribution is -2.29. The number of aromatic nitrogens is 4. The van der Waals surface area contributed by atoms with Gasteiger partial charge >= 0.3 is 5.97 Å². The molecule has 0 radical (unpaired) electrons. The average Bonchev–Trinajstić information content (AvgIpc) is 3.11. The number of nitrogens with one attached hydrogen (secondary N) is 1. The number of hydrogen-bond donors (Lipinski definition) is 1. The summed E-state index contributed by atoms with van der Waals surface area (Å²) < 4.78 is 6.71. The lowest BCUT2D eigenvalue weighted by Gasteiger charge is -2.27. The Morgan fingerprint density at radius 2 is 2.00 bits per heavy atom. The third kappa shape index (κ3) is 2.63. The number of carbonyl (C=O) groups excluding carboxylic acids is 1. The molecule has 0 amide bonds. The molecule has 0 fully saturated rings. The van der Waals surface area contributed by atoms with Gasteiger partial charge in [-0.15, -0.1) is 5.10 Å². The van der Waals surface area contributed by atoms with Crippen LogP contribution in [-0.2, 0) is 9.53 Å². The zero-order chi connectivity index (χ0) is 18.1. The normalized spacial score (nSPS) is 16.0. The zero-order valence-corrected chi connectivity index (χ0v) is 14.4. The van der Waals surface area contributed by atoms with Crippen molar-refractivity contribution in [3.8, 4) is 11.4 Å². The Morgan fingerprint density at radius 1 is 1.19 bits per heavy atom. The van der Waals surface area contributed by atoms with E-state index in [9.17, 15) is 4.79 Å². The number of benzene rings is 1. The van der Waals surface area contributed by atoms with Gasteiger partial charge in [-0.3, -0.25) is 4.98 Å². The second kappa shape index (κ2) is 6.44. The van der Waals surface area contributed by atoms with E-state index in [0.29, 0.717) is 23.0 Å². The second-order valence-electron chi connectivity index (χ2n) is 5.91. The van der Waals surface area contributed by atoms with Crippen molar-refractivity contribution >= 4 is 11.9 Å². The first kappa shape index (κ1) is 16.0. The number of methoxy groups -OCH3 is 1. The highest BCUT2D eigenvalue weighted by molar-refractivity contribution is 5.92. The first-order chi connectivity index (χ1) is 12.7. The molecule has 1 aromatic carbocycles. The Hall–Kier alpha value is -3.48. The van der Waals surface area contributed by atoms with Crippen molar-refractivity contribution in [2.75, 3.05) is 12.4 Å². The number of ether oxygens (including phenoxy) is 1. The van der Waals surface area contributed by atoms with Crippen LogP contribution in [0.15, 0.2) is 66.1 Å². The molecule has 0 aliphatic carbocycles. The van der Waals surface area contributed by atoms with Crippen LogP contribution in [0.4, 0.5) is 5.95 Å². The third-order valence-corrected chi connectivity index (χ3v) is 4.29. The number of rotatable bonds is 3. The predicted octanol–water partition coefficient (Wildman–Crippen LogP) is 2.80. The van der Waals surface area contributed by atoms with Gasteiger partial charge in [-0.05, 0) is 18.6 Å². The highest BCUT2D eigenvalue weighted by Crippen LogP contribution is 2.36. The van der Waals surface area contributed by atoms with Crippen LogP contribution in [0.5, 0.6) is 0 Å². The molecule has 26 heavy (non-hydrogen) atoms. The van der Waals surface area contributed by atoms with E-state index in [1.807, 2.05) is 49.4 Å². The zero-order valence-electron chi connectivity index (χ0n) is 14.4. The summed E-state index contributed by atoms with van der Waals surface area (Å²) >= 11 is 0. The molecule has 0 saturated carbocycles. The Labute approximate surface area is 150 Å². The van der Waals surface area contributed by atoms with Gasteiger partial charge in [-0.1, -0.05) is 36.4 Å². The maximum atomic E-state index is 12.4. The number of anilines is 1. The monoisotopic (exact) mass is 347 g/mol. The van der Waals surface area contributed by atoms with E-state index < -0.39 is 12.0 Å². The van der Waals surface area contributed by atoms with E-state index in [1.54, 1.807) is 17.1 Å². The van der Waals surface area contributed by atoms with Crippen molar-refractivity contribution in [2.24, 2.45) is 0 Å². The van der Waals surface area contributed by atoms with Crippen molar-refractivity contribution in [2.45, 2.75) is 13.0 Å². The van der Waals surface area contributed by atoms with Crippen molar-refractivity contribution in [3.63, 3.8) is 0 Å². The average molecular weight is 347 g/mol. The standard InChI is InChI=1S/C19H17N5O2/c1-12-15(18(25)26-2)16(14-9-6-10-20-11-14)24-19(21-12)22-17(23-24)13-7-4-3-5-8-13/h3-11,16H,1-2H3,(H,21,22,23). The van der Waals surface area contributed by atoms with E-state index in [4.69, 9.17) is 4.74 Å². The molecule has 0 saturated heterocycles. The van der Waals surface area contributed by atoms with Crippen LogP contribution in [0.2, 0.25) is 0 Å². The van der Waals surface area contributed by atoms with Gasteiger partial charge in [0.15, 0.2) is 5.82 Å². The van der Waals surface area contributed by atoms with Crippen molar-refractivity contribution in [1.29, 1.82) is 0 Å². The molecule has 2 aromatic heterocycles. The van der Waals surface area contributed by atoms with Crippen molar-refractivity contribution in [3.05, 3.63) is 71.7 Å². The van der Waals surface area contributed by atoms with Crippen molar-refractivity contribution in [1.82, 2.24) is 19.7 Å². The first-order valence-corrected chi connectivity index (χ1v) is 8.17. The molecule has 0 bridgehead atoms. The maximum absolute atomic E-state index is 12.4. The van der Waals surface area contributed by atoms with Crippen LogP contribution in [0, 0.1) is 0 Å². The summed E-state index contributed by atoms with van der Waals surface area (Å²) in [6.45, 7) is 1.83. The SMILES string of the molecule is COC(=O)C1=C(C)Nc2nc(-c3ccccc3)nn2C1c1cccnc1. The van der Waals surface area contributed by atoms with Gasteiger partial charge in [0.05, 0.1) is 12.7 Å². The molecule has 1 unspecified atom stereocenters. The van der Waals surface area contributed by atoms with E-state index in [1.165, 1.54) is 7.11 Å². The molecular weight excluding hydrogens is 330 g/mol. The number of carbonyl (C=O) groups is 1. The molecule has 1 aliphatic heterocycles. The Morgan fingerprint density at radius 3 is 2.69 bits per heavy atom. The highest BCUT2D eigenvalue weighted by atomic mass is 16.5. The summed E-state index contributed by atoms with van der Waals surface area (Å²) in [5.74, 6) is 0.745. The van der Waals surface area contributed by atoms with Gasteiger partial charge in [-0.25, -0.2) is 9.48 Å². The van der Waals surface area contributed by atoms with Gasteiger partial charge in [-0.2, -0.15) is 4.98 Å². The largest absolute Gasteiger partial charge is 0.466 e. The van der Waals surface area contributed by atoms with Gasteiger partial charge in [0.1, 0.15) is 6.04 Å². The summed E-state index contributed by atoms with van der Waals surface area (Å²) in [7, 11) is 1.37. The van der Waals surface area contributed by atoms with Crippen LogP contribution < -0.4 is 5.32 Å². The third-order valence-electron chi connectivity index (χ3n) is 4.29. The van der Waals surface area contributed by atoms with Crippen LogP contribution >= 0.6 is 0 Å². The number of pyridine rings is 1. The van der Waals surface area contributed by atoms with E-state index in [0.717, 1.165) is 11.1 Å². The summed E-state index contributed by atoms with van der Waals surface area (Å²) in [6, 6.07) is 13.0. The number of allylic oxidation sites excluding steroid dienone is 1. The molecule has 1 aliphatic rings. The van der Waals surface area contributed by atoms with Crippen molar-refractivity contribution < 1.29 is 9.53 Å². The first-order valence-electron chi connectivity index (χ1n) is 8.17. The minimum Gasteiger partial charge on any atom is -0.466 e. The van der Waals surface area contributed by atoms with E-state index in [2.05, 4.69) is 20.4 Å². The summed E-state index contributed by atoms with van der Waals surface area (Å²) in [4.78, 5) is 21.2. The Kier molecular flexibility index (Phi) is 3.96. The number of fused-ring (bicyclic) bond motifs is 1. The molecule has 3 aromatic rings. The fraction of sp³-hybridized carbons (Fsp3) is 0.158.